The maximum Gasteiger partial charge on any atom is 0.416 e. The van der Waals surface area contributed by atoms with E-state index in [9.17, 15) is 13.2 Å². The van der Waals surface area contributed by atoms with Gasteiger partial charge in [-0.2, -0.15) is 13.2 Å². The molecule has 4 nitrogen and oxygen atoms in total. The van der Waals surface area contributed by atoms with Crippen LogP contribution in [0.4, 0.5) is 13.2 Å². The molecule has 0 atom stereocenters. The summed E-state index contributed by atoms with van der Waals surface area (Å²) in [6, 6.07) is 5.24. The molecule has 2 aliphatic rings. The van der Waals surface area contributed by atoms with Gasteiger partial charge in [0.05, 0.1) is 37.9 Å². The summed E-state index contributed by atoms with van der Waals surface area (Å²) in [6.45, 7) is 4.65. The summed E-state index contributed by atoms with van der Waals surface area (Å²) >= 11 is 0. The highest BCUT2D eigenvalue weighted by Crippen LogP contribution is 2.30. The lowest BCUT2D eigenvalue weighted by Gasteiger charge is -2.37. The second kappa shape index (κ2) is 10.8. The van der Waals surface area contributed by atoms with Crippen molar-refractivity contribution in [2.24, 2.45) is 11.8 Å². The fourth-order valence-electron chi connectivity index (χ4n) is 3.71. The Morgan fingerprint density at radius 2 is 1.52 bits per heavy atom. The van der Waals surface area contributed by atoms with Crippen molar-refractivity contribution in [2.75, 3.05) is 26.4 Å². The van der Waals surface area contributed by atoms with Gasteiger partial charge >= 0.3 is 6.18 Å². The molecule has 2 heterocycles. The number of hydrogen-bond donors (Lipinski definition) is 0. The molecule has 0 bridgehead atoms. The van der Waals surface area contributed by atoms with Gasteiger partial charge in [0, 0.05) is 12.3 Å². The van der Waals surface area contributed by atoms with Crippen molar-refractivity contribution in [1.29, 1.82) is 0 Å². The molecule has 2 fully saturated rings. The van der Waals surface area contributed by atoms with E-state index >= 15 is 0 Å². The predicted octanol–water partition coefficient (Wildman–Crippen LogP) is 5.20. The van der Waals surface area contributed by atoms with Crippen molar-refractivity contribution < 1.29 is 32.1 Å². The van der Waals surface area contributed by atoms with E-state index < -0.39 is 11.7 Å². The number of alkyl halides is 3. The molecule has 0 amide bonds. The lowest BCUT2D eigenvalue weighted by Crippen LogP contribution is -2.44. The zero-order valence-electron chi connectivity index (χ0n) is 17.0. The summed E-state index contributed by atoms with van der Waals surface area (Å²) in [6.07, 6.45) is 1.09. The van der Waals surface area contributed by atoms with Crippen LogP contribution in [0, 0.1) is 11.8 Å². The minimum Gasteiger partial charge on any atom is -0.352 e. The van der Waals surface area contributed by atoms with Crippen LogP contribution in [0.3, 0.4) is 0 Å². The average molecular weight is 416 g/mol. The van der Waals surface area contributed by atoms with Crippen LogP contribution in [0.2, 0.25) is 0 Å². The zero-order chi connectivity index (χ0) is 20.7. The first-order valence-electron chi connectivity index (χ1n) is 10.6. The van der Waals surface area contributed by atoms with Gasteiger partial charge < -0.3 is 18.9 Å². The number of aryl methyl sites for hydroxylation is 1. The van der Waals surface area contributed by atoms with E-state index in [0.29, 0.717) is 32.0 Å². The van der Waals surface area contributed by atoms with E-state index in [2.05, 4.69) is 6.92 Å². The maximum atomic E-state index is 12.6. The van der Waals surface area contributed by atoms with E-state index in [1.807, 2.05) is 0 Å². The molecule has 1 aromatic carbocycles. The fourth-order valence-corrected chi connectivity index (χ4v) is 3.71. The molecule has 0 spiro atoms. The van der Waals surface area contributed by atoms with Crippen molar-refractivity contribution in [3.05, 3.63) is 35.4 Å². The van der Waals surface area contributed by atoms with Gasteiger partial charge in [-0.15, -0.1) is 0 Å². The highest BCUT2D eigenvalue weighted by atomic mass is 19.4. The summed E-state index contributed by atoms with van der Waals surface area (Å²) in [5.41, 5.74) is 0.203. The van der Waals surface area contributed by atoms with Crippen molar-refractivity contribution >= 4 is 0 Å². The van der Waals surface area contributed by atoms with E-state index in [1.54, 1.807) is 0 Å². The average Bonchev–Trinajstić information content (AvgIpc) is 2.73. The molecule has 0 unspecified atom stereocenters. The maximum absolute atomic E-state index is 12.6. The number of halogens is 3. The summed E-state index contributed by atoms with van der Waals surface area (Å²) in [4.78, 5) is 0. The SMILES string of the molecule is CCCCCC1COC(C2COC(CCc3ccc(C(F)(F)F)cc3)OC2)OC1. The van der Waals surface area contributed by atoms with Crippen LogP contribution in [0.15, 0.2) is 24.3 Å². The molecule has 7 heteroatoms. The molecule has 164 valence electrons. The normalized spacial score (nSPS) is 28.4. The van der Waals surface area contributed by atoms with Crippen LogP contribution in [0.25, 0.3) is 0 Å². The third-order valence-corrected chi connectivity index (χ3v) is 5.54. The number of hydrogen-bond acceptors (Lipinski definition) is 4. The molecular formula is C22H31F3O4. The van der Waals surface area contributed by atoms with E-state index in [0.717, 1.165) is 37.3 Å². The van der Waals surface area contributed by atoms with Crippen LogP contribution >= 0.6 is 0 Å². The summed E-state index contributed by atoms with van der Waals surface area (Å²) in [7, 11) is 0. The minimum atomic E-state index is -4.30. The van der Waals surface area contributed by atoms with E-state index in [-0.39, 0.29) is 18.5 Å². The predicted molar refractivity (Wildman–Crippen MR) is 102 cm³/mol. The topological polar surface area (TPSA) is 36.9 Å². The molecule has 0 N–H and O–H groups in total. The Bertz CT molecular complexity index is 589. The van der Waals surface area contributed by atoms with Crippen LogP contribution in [-0.2, 0) is 31.5 Å². The van der Waals surface area contributed by atoms with Gasteiger partial charge in [0.2, 0.25) is 0 Å². The van der Waals surface area contributed by atoms with Gasteiger partial charge in [-0.25, -0.2) is 0 Å². The van der Waals surface area contributed by atoms with Gasteiger partial charge in [0.25, 0.3) is 0 Å². The van der Waals surface area contributed by atoms with Crippen molar-refractivity contribution in [2.45, 2.75) is 64.2 Å². The first-order chi connectivity index (χ1) is 14.0. The molecule has 0 saturated carbocycles. The number of rotatable bonds is 8. The van der Waals surface area contributed by atoms with Gasteiger partial charge in [-0.1, -0.05) is 38.3 Å². The molecule has 1 aromatic rings. The standard InChI is InChI=1S/C22H31F3O4/c1-2-3-4-5-17-12-28-21(29-13-17)18-14-26-20(27-15-18)11-8-16-6-9-19(10-7-16)22(23,24)25/h6-7,9-10,17-18,20-21H,2-5,8,11-15H2,1H3. The first kappa shape index (κ1) is 22.5. The second-order valence-electron chi connectivity index (χ2n) is 7.99. The smallest absolute Gasteiger partial charge is 0.352 e. The first-order valence-corrected chi connectivity index (χ1v) is 10.6. The summed E-state index contributed by atoms with van der Waals surface area (Å²) in [5, 5.41) is 0. The van der Waals surface area contributed by atoms with Crippen LogP contribution in [0.1, 0.15) is 50.2 Å². The zero-order valence-corrected chi connectivity index (χ0v) is 17.0. The Hall–Kier alpha value is -1.15. The van der Waals surface area contributed by atoms with E-state index in [4.69, 9.17) is 18.9 Å². The molecule has 2 saturated heterocycles. The van der Waals surface area contributed by atoms with Crippen LogP contribution in [0.5, 0.6) is 0 Å². The number of benzene rings is 1. The van der Waals surface area contributed by atoms with Crippen LogP contribution < -0.4 is 0 Å². The number of ether oxygens (including phenoxy) is 4. The lowest BCUT2D eigenvalue weighted by atomic mass is 10.0. The third kappa shape index (κ3) is 6.95. The third-order valence-electron chi connectivity index (χ3n) is 5.54. The molecule has 29 heavy (non-hydrogen) atoms. The molecular weight excluding hydrogens is 385 g/mol. The summed E-state index contributed by atoms with van der Waals surface area (Å²) < 4.78 is 61.2. The molecule has 2 aliphatic heterocycles. The fraction of sp³-hybridized carbons (Fsp3) is 0.727. The molecule has 0 aromatic heterocycles. The Labute approximate surface area is 170 Å². The Morgan fingerprint density at radius 1 is 0.862 bits per heavy atom. The lowest BCUT2D eigenvalue weighted by molar-refractivity contribution is -0.281. The highest BCUT2D eigenvalue weighted by molar-refractivity contribution is 5.24. The van der Waals surface area contributed by atoms with Gasteiger partial charge in [0.1, 0.15) is 0 Å². The van der Waals surface area contributed by atoms with Crippen molar-refractivity contribution in [3.8, 4) is 0 Å². The minimum absolute atomic E-state index is 0.0499. The Kier molecular flexibility index (Phi) is 8.35. The summed E-state index contributed by atoms with van der Waals surface area (Å²) in [5.74, 6) is 0.522. The quantitative estimate of drug-likeness (QED) is 0.546. The Balaban J connectivity index is 1.34. The van der Waals surface area contributed by atoms with E-state index in [1.165, 1.54) is 31.4 Å². The second-order valence-corrected chi connectivity index (χ2v) is 7.99. The highest BCUT2D eigenvalue weighted by Gasteiger charge is 2.33. The monoisotopic (exact) mass is 416 g/mol. The molecule has 3 rings (SSSR count). The number of unbranched alkanes of at least 4 members (excludes halogenated alkanes) is 2. The molecule has 0 aliphatic carbocycles. The van der Waals surface area contributed by atoms with Crippen molar-refractivity contribution in [3.63, 3.8) is 0 Å². The van der Waals surface area contributed by atoms with Crippen LogP contribution in [-0.4, -0.2) is 39.0 Å². The van der Waals surface area contributed by atoms with Gasteiger partial charge in [-0.05, 0) is 30.5 Å². The largest absolute Gasteiger partial charge is 0.416 e. The Morgan fingerprint density at radius 3 is 2.10 bits per heavy atom. The molecule has 0 radical (unpaired) electrons. The van der Waals surface area contributed by atoms with Crippen molar-refractivity contribution in [1.82, 2.24) is 0 Å². The van der Waals surface area contributed by atoms with Gasteiger partial charge in [-0.3, -0.25) is 0 Å². The van der Waals surface area contributed by atoms with Gasteiger partial charge in [0.15, 0.2) is 12.6 Å².